The van der Waals surface area contributed by atoms with Crippen LogP contribution in [0.4, 0.5) is 0 Å². The van der Waals surface area contributed by atoms with Crippen LogP contribution in [0.15, 0.2) is 85.1 Å². The van der Waals surface area contributed by atoms with E-state index >= 15 is 0 Å². The van der Waals surface area contributed by atoms with Crippen LogP contribution >= 0.6 is 0 Å². The SMILES string of the molecule is CC/C=C\C/C=C\C/C=C\C/C=C\C/C=C\C/C=C\CCCCCCC(=O)OCC(COC(=O)CCCCCCC/C=C\CCCCCCCC)OC(=O)CCCCCCCCCCCCCCCCCCCCC. The molecule has 1 atom stereocenters. The second kappa shape index (κ2) is 63.1. The van der Waals surface area contributed by atoms with E-state index in [0.29, 0.717) is 19.3 Å². The lowest BCUT2D eigenvalue weighted by atomic mass is 10.0. The van der Waals surface area contributed by atoms with E-state index in [2.05, 4.69) is 106 Å². The molecule has 0 spiro atoms. The summed E-state index contributed by atoms with van der Waals surface area (Å²) < 4.78 is 16.9. The molecule has 0 radical (unpaired) electrons. The molecule has 0 aliphatic rings. The number of unbranched alkanes of at least 4 members (excludes halogenated alkanes) is 33. The predicted octanol–water partition coefficient (Wildman–Crippen LogP) is 21.9. The van der Waals surface area contributed by atoms with Gasteiger partial charge in [-0.3, -0.25) is 14.4 Å². The third-order valence-electron chi connectivity index (χ3n) is 13.9. The van der Waals surface area contributed by atoms with E-state index in [9.17, 15) is 14.4 Å². The molecular weight excluding hydrogens is 925 g/mol. The van der Waals surface area contributed by atoms with E-state index in [1.54, 1.807) is 0 Å². The summed E-state index contributed by atoms with van der Waals surface area (Å²) in [6.45, 7) is 6.53. The molecule has 0 saturated carbocycles. The Hall–Kier alpha value is -3.41. The molecule has 0 aliphatic heterocycles. The van der Waals surface area contributed by atoms with Gasteiger partial charge in [0.25, 0.3) is 0 Å². The molecular formula is C69H120O6. The molecule has 0 fully saturated rings. The standard InChI is InChI=1S/C69H120O6/c1-4-7-10-13-16-19-22-25-28-30-32-33-34-35-37-38-41-44-47-50-53-56-59-62-68(71)74-65-66(64-73-67(70)61-58-55-52-49-46-43-40-27-24-21-18-15-12-9-6-3)75-69(72)63-60-57-54-51-48-45-42-39-36-31-29-26-23-20-17-14-11-8-5-2/h7,10,16,19,25,27-28,32-33,35,37,40-41,44,66H,4-6,8-9,11-15,17-18,20-24,26,29-31,34,36,38-39,42-43,45-65H2,1-3H3/b10-7-,19-16-,28-25-,33-32-,37-35-,40-27-,44-41-. The molecule has 6 nitrogen and oxygen atoms in total. The summed E-state index contributed by atoms with van der Waals surface area (Å²) in [6.07, 6.45) is 83.0. The lowest BCUT2D eigenvalue weighted by Crippen LogP contribution is -2.30. The van der Waals surface area contributed by atoms with Gasteiger partial charge in [-0.25, -0.2) is 0 Å². The minimum atomic E-state index is -0.791. The minimum absolute atomic E-state index is 0.0866. The third kappa shape index (κ3) is 61.3. The van der Waals surface area contributed by atoms with Crippen LogP contribution in [0.5, 0.6) is 0 Å². The van der Waals surface area contributed by atoms with Crippen molar-refractivity contribution in [1.29, 1.82) is 0 Å². The molecule has 0 rings (SSSR count). The summed E-state index contributed by atoms with van der Waals surface area (Å²) in [5.41, 5.74) is 0. The fraction of sp³-hybridized carbons (Fsp3) is 0.754. The van der Waals surface area contributed by atoms with Crippen LogP contribution in [0.1, 0.15) is 316 Å². The first kappa shape index (κ1) is 71.6. The molecule has 1 unspecified atom stereocenters. The highest BCUT2D eigenvalue weighted by Crippen LogP contribution is 2.17. The first-order valence-corrected chi connectivity index (χ1v) is 32.1. The first-order chi connectivity index (χ1) is 37.0. The number of rotatable bonds is 58. The van der Waals surface area contributed by atoms with E-state index in [1.165, 1.54) is 161 Å². The molecule has 0 N–H and O–H groups in total. The number of hydrogen-bond acceptors (Lipinski definition) is 6. The number of carbonyl (C=O) groups excluding carboxylic acids is 3. The molecule has 0 aromatic carbocycles. The highest BCUT2D eigenvalue weighted by molar-refractivity contribution is 5.71. The Morgan fingerprint density at radius 2 is 0.520 bits per heavy atom. The van der Waals surface area contributed by atoms with Crippen molar-refractivity contribution in [3.63, 3.8) is 0 Å². The van der Waals surface area contributed by atoms with E-state index < -0.39 is 6.10 Å². The molecule has 0 saturated heterocycles. The van der Waals surface area contributed by atoms with Crippen LogP contribution in [-0.4, -0.2) is 37.2 Å². The second-order valence-corrected chi connectivity index (χ2v) is 21.3. The smallest absolute Gasteiger partial charge is 0.306 e. The summed E-state index contributed by atoms with van der Waals surface area (Å²) in [5, 5.41) is 0. The molecule has 432 valence electrons. The topological polar surface area (TPSA) is 78.9 Å². The fourth-order valence-electron chi connectivity index (χ4n) is 9.09. The zero-order chi connectivity index (χ0) is 54.3. The summed E-state index contributed by atoms with van der Waals surface area (Å²) in [7, 11) is 0. The zero-order valence-corrected chi connectivity index (χ0v) is 49.6. The minimum Gasteiger partial charge on any atom is -0.462 e. The number of hydrogen-bond donors (Lipinski definition) is 0. The Morgan fingerprint density at radius 3 is 0.827 bits per heavy atom. The largest absolute Gasteiger partial charge is 0.462 e. The normalized spacial score (nSPS) is 12.6. The average molecular weight is 1050 g/mol. The van der Waals surface area contributed by atoms with E-state index in [4.69, 9.17) is 14.2 Å². The Kier molecular flexibility index (Phi) is 60.3. The van der Waals surface area contributed by atoms with Crippen LogP contribution in [-0.2, 0) is 28.6 Å². The maximum atomic E-state index is 12.9. The van der Waals surface area contributed by atoms with Crippen molar-refractivity contribution in [2.24, 2.45) is 0 Å². The van der Waals surface area contributed by atoms with Crippen molar-refractivity contribution < 1.29 is 28.6 Å². The lowest BCUT2D eigenvalue weighted by molar-refractivity contribution is -0.167. The van der Waals surface area contributed by atoms with E-state index in [1.807, 2.05) is 0 Å². The van der Waals surface area contributed by atoms with Crippen molar-refractivity contribution in [1.82, 2.24) is 0 Å². The predicted molar refractivity (Wildman–Crippen MR) is 325 cm³/mol. The van der Waals surface area contributed by atoms with Crippen LogP contribution in [0.3, 0.4) is 0 Å². The van der Waals surface area contributed by atoms with Gasteiger partial charge in [0.15, 0.2) is 6.10 Å². The monoisotopic (exact) mass is 1040 g/mol. The van der Waals surface area contributed by atoms with Crippen molar-refractivity contribution in [2.45, 2.75) is 322 Å². The molecule has 75 heavy (non-hydrogen) atoms. The summed E-state index contributed by atoms with van der Waals surface area (Å²) in [6, 6.07) is 0. The summed E-state index contributed by atoms with van der Waals surface area (Å²) in [4.78, 5) is 38.3. The lowest BCUT2D eigenvalue weighted by Gasteiger charge is -2.18. The highest BCUT2D eigenvalue weighted by atomic mass is 16.6. The van der Waals surface area contributed by atoms with E-state index in [0.717, 1.165) is 116 Å². The molecule has 0 heterocycles. The van der Waals surface area contributed by atoms with Crippen molar-refractivity contribution in [3.8, 4) is 0 Å². The fourth-order valence-corrected chi connectivity index (χ4v) is 9.09. The third-order valence-corrected chi connectivity index (χ3v) is 13.9. The molecule has 0 aromatic heterocycles. The second-order valence-electron chi connectivity index (χ2n) is 21.3. The highest BCUT2D eigenvalue weighted by Gasteiger charge is 2.19. The zero-order valence-electron chi connectivity index (χ0n) is 49.6. The van der Waals surface area contributed by atoms with Gasteiger partial charge in [-0.05, 0) is 96.3 Å². The maximum absolute atomic E-state index is 12.9. The van der Waals surface area contributed by atoms with Gasteiger partial charge >= 0.3 is 17.9 Å². The Balaban J connectivity index is 4.41. The van der Waals surface area contributed by atoms with Crippen LogP contribution < -0.4 is 0 Å². The van der Waals surface area contributed by atoms with Gasteiger partial charge < -0.3 is 14.2 Å². The Morgan fingerprint density at radius 1 is 0.280 bits per heavy atom. The van der Waals surface area contributed by atoms with Crippen molar-refractivity contribution in [2.75, 3.05) is 13.2 Å². The number of carbonyl (C=O) groups is 3. The van der Waals surface area contributed by atoms with Crippen LogP contribution in [0.25, 0.3) is 0 Å². The van der Waals surface area contributed by atoms with Crippen molar-refractivity contribution >= 4 is 17.9 Å². The van der Waals surface area contributed by atoms with Gasteiger partial charge in [-0.1, -0.05) is 286 Å². The van der Waals surface area contributed by atoms with Gasteiger partial charge in [0, 0.05) is 19.3 Å². The summed E-state index contributed by atoms with van der Waals surface area (Å²) in [5.74, 6) is -0.905. The summed E-state index contributed by atoms with van der Waals surface area (Å²) >= 11 is 0. The Bertz CT molecular complexity index is 1430. The molecule has 0 amide bonds. The number of ether oxygens (including phenoxy) is 3. The van der Waals surface area contributed by atoms with Gasteiger partial charge in [-0.15, -0.1) is 0 Å². The van der Waals surface area contributed by atoms with Gasteiger partial charge in [-0.2, -0.15) is 0 Å². The van der Waals surface area contributed by atoms with Gasteiger partial charge in [0.2, 0.25) is 0 Å². The molecule has 0 aliphatic carbocycles. The Labute approximate surface area is 465 Å². The number of allylic oxidation sites excluding steroid dienone is 14. The molecule has 0 aromatic rings. The quantitative estimate of drug-likeness (QED) is 0.0261. The van der Waals surface area contributed by atoms with E-state index in [-0.39, 0.29) is 31.1 Å². The van der Waals surface area contributed by atoms with Gasteiger partial charge in [0.05, 0.1) is 0 Å². The van der Waals surface area contributed by atoms with Gasteiger partial charge in [0.1, 0.15) is 13.2 Å². The number of esters is 3. The van der Waals surface area contributed by atoms with Crippen molar-refractivity contribution in [3.05, 3.63) is 85.1 Å². The average Bonchev–Trinajstić information content (AvgIpc) is 3.41. The van der Waals surface area contributed by atoms with Crippen LogP contribution in [0.2, 0.25) is 0 Å². The molecule has 6 heteroatoms. The van der Waals surface area contributed by atoms with Crippen LogP contribution in [0, 0.1) is 0 Å². The maximum Gasteiger partial charge on any atom is 0.306 e. The first-order valence-electron chi connectivity index (χ1n) is 32.1. The molecule has 0 bridgehead atoms.